The fraction of sp³-hybridized carbons (Fsp3) is 0.100. The molecule has 7 heteroatoms. The summed E-state index contributed by atoms with van der Waals surface area (Å²) in [6.07, 6.45) is 3.63. The third kappa shape index (κ3) is 3.02. The lowest BCUT2D eigenvalue weighted by Crippen LogP contribution is -1.93. The molecule has 0 unspecified atom stereocenters. The predicted molar refractivity (Wildman–Crippen MR) is 107 cm³/mol. The number of rotatable bonds is 3. The second-order valence-electron chi connectivity index (χ2n) is 6.44. The van der Waals surface area contributed by atoms with Crippen LogP contribution in [-0.4, -0.2) is 19.3 Å². The van der Waals surface area contributed by atoms with Gasteiger partial charge in [0.1, 0.15) is 5.65 Å². The number of nitrogens with zero attached hydrogens (tertiary/aromatic N) is 3. The van der Waals surface area contributed by atoms with E-state index in [4.69, 9.17) is 12.2 Å². The molecule has 0 fully saturated rings. The Labute approximate surface area is 160 Å². The summed E-state index contributed by atoms with van der Waals surface area (Å²) >= 11 is 5.37. The molecule has 0 aliphatic carbocycles. The van der Waals surface area contributed by atoms with Crippen LogP contribution in [0.25, 0.3) is 28.0 Å². The molecule has 0 radical (unpaired) electrons. The average molecular weight is 376 g/mol. The minimum absolute atomic E-state index is 0.0535. The Balaban J connectivity index is 1.89. The van der Waals surface area contributed by atoms with E-state index in [0.717, 1.165) is 28.0 Å². The molecule has 2 heterocycles. The fourth-order valence-electron chi connectivity index (χ4n) is 3.03. The van der Waals surface area contributed by atoms with Crippen LogP contribution in [-0.2, 0) is 0 Å². The van der Waals surface area contributed by atoms with Crippen molar-refractivity contribution in [2.45, 2.75) is 13.8 Å². The second kappa shape index (κ2) is 6.44. The summed E-state index contributed by atoms with van der Waals surface area (Å²) in [5, 5.41) is 10.9. The number of imidazole rings is 1. The smallest absolute Gasteiger partial charge is 0.269 e. The van der Waals surface area contributed by atoms with Gasteiger partial charge in [-0.1, -0.05) is 12.1 Å². The van der Waals surface area contributed by atoms with Gasteiger partial charge >= 0.3 is 0 Å². The zero-order valence-electron chi connectivity index (χ0n) is 14.8. The highest BCUT2D eigenvalue weighted by atomic mass is 32.1. The van der Waals surface area contributed by atoms with Gasteiger partial charge in [-0.3, -0.25) is 14.5 Å². The van der Waals surface area contributed by atoms with Crippen molar-refractivity contribution in [2.75, 3.05) is 0 Å². The van der Waals surface area contributed by atoms with Gasteiger partial charge in [0, 0.05) is 30.1 Å². The Hall–Kier alpha value is -3.32. The summed E-state index contributed by atoms with van der Waals surface area (Å²) in [5.74, 6) is 0. The number of aryl methyl sites for hydroxylation is 2. The third-order valence-electron chi connectivity index (χ3n) is 4.72. The minimum atomic E-state index is -0.412. The van der Waals surface area contributed by atoms with E-state index in [1.54, 1.807) is 18.3 Å². The van der Waals surface area contributed by atoms with Crippen molar-refractivity contribution in [3.05, 3.63) is 80.9 Å². The van der Waals surface area contributed by atoms with Gasteiger partial charge in [-0.15, -0.1) is 0 Å². The second-order valence-corrected chi connectivity index (χ2v) is 6.81. The molecule has 0 bridgehead atoms. The largest absolute Gasteiger partial charge is 0.339 e. The molecule has 2 aromatic carbocycles. The van der Waals surface area contributed by atoms with Crippen LogP contribution >= 0.6 is 12.2 Å². The molecule has 4 rings (SSSR count). The van der Waals surface area contributed by atoms with E-state index in [1.807, 2.05) is 10.6 Å². The molecule has 2 aromatic heterocycles. The van der Waals surface area contributed by atoms with Crippen molar-refractivity contribution in [1.29, 1.82) is 0 Å². The molecule has 0 aliphatic rings. The Bertz CT molecular complexity index is 1240. The van der Waals surface area contributed by atoms with Gasteiger partial charge in [0.05, 0.1) is 10.6 Å². The summed E-state index contributed by atoms with van der Waals surface area (Å²) in [7, 11) is 0. The number of fused-ring (bicyclic) bond motifs is 1. The van der Waals surface area contributed by atoms with Crippen molar-refractivity contribution in [1.82, 2.24) is 14.4 Å². The maximum atomic E-state index is 10.9. The number of non-ortho nitro benzene ring substituents is 1. The number of aromatic amines is 1. The summed E-state index contributed by atoms with van der Waals surface area (Å²) in [6, 6.07) is 12.7. The normalized spacial score (nSPS) is 11.0. The highest BCUT2D eigenvalue weighted by Gasteiger charge is 2.12. The number of hydrogen-bond donors (Lipinski definition) is 1. The van der Waals surface area contributed by atoms with Crippen LogP contribution in [0.2, 0.25) is 0 Å². The topological polar surface area (TPSA) is 76.2 Å². The predicted octanol–water partition coefficient (Wildman–Crippen LogP) is 5.25. The number of nitro groups is 1. The lowest BCUT2D eigenvalue weighted by atomic mass is 10.0. The quantitative estimate of drug-likeness (QED) is 0.301. The van der Waals surface area contributed by atoms with E-state index in [-0.39, 0.29) is 5.69 Å². The Kier molecular flexibility index (Phi) is 4.08. The third-order valence-corrected chi connectivity index (χ3v) is 5.03. The van der Waals surface area contributed by atoms with E-state index in [9.17, 15) is 10.1 Å². The lowest BCUT2D eigenvalue weighted by molar-refractivity contribution is -0.384. The summed E-state index contributed by atoms with van der Waals surface area (Å²) in [4.78, 5) is 18.2. The molecule has 1 N–H and O–H groups in total. The van der Waals surface area contributed by atoms with Gasteiger partial charge in [0.25, 0.3) is 5.69 Å². The zero-order chi connectivity index (χ0) is 19.1. The molecule has 0 aliphatic heterocycles. The van der Waals surface area contributed by atoms with Gasteiger partial charge in [-0.2, -0.15) is 0 Å². The molecule has 6 nitrogen and oxygen atoms in total. The van der Waals surface area contributed by atoms with Gasteiger partial charge in [-0.05, 0) is 66.5 Å². The highest BCUT2D eigenvalue weighted by Crippen LogP contribution is 2.28. The van der Waals surface area contributed by atoms with Crippen LogP contribution in [0.5, 0.6) is 0 Å². The molecule has 0 spiro atoms. The summed E-state index contributed by atoms with van der Waals surface area (Å²) < 4.78 is 2.28. The molecule has 27 heavy (non-hydrogen) atoms. The first-order valence-electron chi connectivity index (χ1n) is 8.37. The van der Waals surface area contributed by atoms with Crippen LogP contribution in [0.1, 0.15) is 11.1 Å². The monoisotopic (exact) mass is 376 g/mol. The molecule has 134 valence electrons. The Morgan fingerprint density at radius 2 is 1.78 bits per heavy atom. The van der Waals surface area contributed by atoms with Crippen molar-refractivity contribution >= 4 is 23.6 Å². The number of aromatic nitrogens is 3. The highest BCUT2D eigenvalue weighted by molar-refractivity contribution is 7.71. The number of nitro benzene ring substituents is 1. The molecule has 0 amide bonds. The molecule has 0 saturated heterocycles. The van der Waals surface area contributed by atoms with Crippen molar-refractivity contribution in [3.8, 4) is 22.4 Å². The van der Waals surface area contributed by atoms with E-state index < -0.39 is 4.92 Å². The summed E-state index contributed by atoms with van der Waals surface area (Å²) in [5.41, 5.74) is 6.95. The van der Waals surface area contributed by atoms with Gasteiger partial charge in [0.15, 0.2) is 0 Å². The Morgan fingerprint density at radius 1 is 1.07 bits per heavy atom. The zero-order valence-corrected chi connectivity index (χ0v) is 15.6. The first kappa shape index (κ1) is 17.1. The van der Waals surface area contributed by atoms with Gasteiger partial charge < -0.3 is 4.98 Å². The minimum Gasteiger partial charge on any atom is -0.339 e. The van der Waals surface area contributed by atoms with Crippen LogP contribution < -0.4 is 0 Å². The summed E-state index contributed by atoms with van der Waals surface area (Å²) in [6.45, 7) is 4.16. The number of H-pyrrole nitrogens is 1. The van der Waals surface area contributed by atoms with E-state index in [2.05, 4.69) is 42.0 Å². The van der Waals surface area contributed by atoms with Crippen molar-refractivity contribution in [3.63, 3.8) is 0 Å². The van der Waals surface area contributed by atoms with Crippen LogP contribution in [0.4, 0.5) is 5.69 Å². The van der Waals surface area contributed by atoms with Crippen LogP contribution in [0.15, 0.2) is 54.9 Å². The molecular formula is C20H16N4O2S. The molecule has 0 saturated carbocycles. The molecule has 4 aromatic rings. The maximum Gasteiger partial charge on any atom is 0.269 e. The first-order chi connectivity index (χ1) is 12.9. The van der Waals surface area contributed by atoms with Gasteiger partial charge in [-0.25, -0.2) is 4.98 Å². The molecular weight excluding hydrogens is 360 g/mol. The fourth-order valence-corrected chi connectivity index (χ4v) is 3.23. The standard InChI is InChI=1S/C20H16N4O2S/c1-12-3-4-15(9-13(12)2)18-11-23-19(22-18)17(10-21-20(23)27)14-5-7-16(8-6-14)24(25)26/h3-11,22H,1-2H3. The lowest BCUT2D eigenvalue weighted by Gasteiger charge is -2.04. The number of benzene rings is 2. The number of nitrogens with one attached hydrogen (secondary N) is 1. The van der Waals surface area contributed by atoms with E-state index in [1.165, 1.54) is 23.3 Å². The van der Waals surface area contributed by atoms with Crippen LogP contribution in [0.3, 0.4) is 0 Å². The molecule has 0 atom stereocenters. The Morgan fingerprint density at radius 3 is 2.44 bits per heavy atom. The van der Waals surface area contributed by atoms with Gasteiger partial charge in [0.2, 0.25) is 4.77 Å². The van der Waals surface area contributed by atoms with Crippen molar-refractivity contribution in [2.24, 2.45) is 0 Å². The average Bonchev–Trinajstić information content (AvgIpc) is 3.11. The van der Waals surface area contributed by atoms with Crippen LogP contribution in [0, 0.1) is 28.7 Å². The number of hydrogen-bond acceptors (Lipinski definition) is 4. The van der Waals surface area contributed by atoms with E-state index in [0.29, 0.717) is 4.77 Å². The van der Waals surface area contributed by atoms with Crippen molar-refractivity contribution < 1.29 is 4.92 Å². The van der Waals surface area contributed by atoms with E-state index >= 15 is 0 Å². The SMILES string of the molecule is Cc1ccc(-c2cn3c(=S)ncc(-c4ccc([N+](=O)[O-])cc4)c3[nH]2)cc1C. The first-order valence-corrected chi connectivity index (χ1v) is 8.78. The maximum absolute atomic E-state index is 10.9.